The molecule has 0 aromatic heterocycles. The van der Waals surface area contributed by atoms with Gasteiger partial charge in [0.2, 0.25) is 0 Å². The maximum Gasteiger partial charge on any atom is 0.315 e. The van der Waals surface area contributed by atoms with Gasteiger partial charge in [0.05, 0.1) is 10.0 Å². The summed E-state index contributed by atoms with van der Waals surface area (Å²) in [6, 6.07) is 13.9. The second kappa shape index (κ2) is 5.42. The van der Waals surface area contributed by atoms with E-state index in [1.54, 1.807) is 30.3 Å². The Kier molecular flexibility index (Phi) is 3.90. The van der Waals surface area contributed by atoms with Crippen molar-refractivity contribution in [2.24, 2.45) is 0 Å². The summed E-state index contributed by atoms with van der Waals surface area (Å²) in [6.07, 6.45) is 0. The molecule has 18 heavy (non-hydrogen) atoms. The lowest BCUT2D eigenvalue weighted by Crippen LogP contribution is -2.12. The third-order valence-electron chi connectivity index (χ3n) is 2.66. The highest BCUT2D eigenvalue weighted by Crippen LogP contribution is 2.30. The van der Waals surface area contributed by atoms with Crippen LogP contribution >= 0.6 is 23.2 Å². The average molecular weight is 281 g/mol. The molecule has 0 fully saturated rings. The van der Waals surface area contributed by atoms with Crippen molar-refractivity contribution in [3.63, 3.8) is 0 Å². The number of carboxylic acids is 1. The van der Waals surface area contributed by atoms with Crippen LogP contribution in [0.1, 0.15) is 17.0 Å². The normalized spacial score (nSPS) is 12.1. The molecule has 92 valence electrons. The summed E-state index contributed by atoms with van der Waals surface area (Å²) in [7, 11) is 0. The van der Waals surface area contributed by atoms with Crippen LogP contribution in [0.4, 0.5) is 0 Å². The van der Waals surface area contributed by atoms with Crippen LogP contribution in [-0.4, -0.2) is 11.1 Å². The Morgan fingerprint density at radius 1 is 0.944 bits per heavy atom. The Balaban J connectivity index is 2.49. The third-order valence-corrected chi connectivity index (χ3v) is 3.40. The minimum atomic E-state index is -0.917. The zero-order valence-electron chi connectivity index (χ0n) is 9.31. The summed E-state index contributed by atoms with van der Waals surface area (Å²) in [6.45, 7) is 0. The predicted molar refractivity (Wildman–Crippen MR) is 72.4 cm³/mol. The van der Waals surface area contributed by atoms with Gasteiger partial charge >= 0.3 is 5.97 Å². The molecular weight excluding hydrogens is 271 g/mol. The highest BCUT2D eigenvalue weighted by Gasteiger charge is 2.22. The van der Waals surface area contributed by atoms with Crippen LogP contribution in [0.3, 0.4) is 0 Å². The largest absolute Gasteiger partial charge is 0.481 e. The van der Waals surface area contributed by atoms with Crippen LogP contribution in [0.2, 0.25) is 10.0 Å². The van der Waals surface area contributed by atoms with Crippen LogP contribution in [-0.2, 0) is 4.79 Å². The molecule has 0 aliphatic carbocycles. The Labute approximate surface area is 115 Å². The lowest BCUT2D eigenvalue weighted by Gasteiger charge is -2.13. The minimum Gasteiger partial charge on any atom is -0.481 e. The van der Waals surface area contributed by atoms with Crippen molar-refractivity contribution in [1.82, 2.24) is 0 Å². The first-order valence-corrected chi connectivity index (χ1v) is 6.08. The average Bonchev–Trinajstić information content (AvgIpc) is 2.35. The molecule has 1 N–H and O–H groups in total. The number of hydrogen-bond acceptors (Lipinski definition) is 1. The quantitative estimate of drug-likeness (QED) is 0.915. The van der Waals surface area contributed by atoms with Gasteiger partial charge in [-0.1, -0.05) is 59.6 Å². The van der Waals surface area contributed by atoms with Crippen molar-refractivity contribution in [3.8, 4) is 0 Å². The van der Waals surface area contributed by atoms with Gasteiger partial charge in [-0.05, 0) is 23.3 Å². The van der Waals surface area contributed by atoms with E-state index in [0.29, 0.717) is 21.2 Å². The van der Waals surface area contributed by atoms with E-state index in [1.807, 2.05) is 18.2 Å². The molecule has 0 heterocycles. The van der Waals surface area contributed by atoms with Crippen molar-refractivity contribution in [2.75, 3.05) is 0 Å². The molecule has 4 heteroatoms. The van der Waals surface area contributed by atoms with Crippen LogP contribution in [0.5, 0.6) is 0 Å². The first-order valence-electron chi connectivity index (χ1n) is 5.32. The lowest BCUT2D eigenvalue weighted by atomic mass is 9.91. The highest BCUT2D eigenvalue weighted by molar-refractivity contribution is 6.42. The summed E-state index contributed by atoms with van der Waals surface area (Å²) in [4.78, 5) is 11.4. The molecule has 2 rings (SSSR count). The monoisotopic (exact) mass is 280 g/mol. The van der Waals surface area contributed by atoms with Gasteiger partial charge in [0.25, 0.3) is 0 Å². The SMILES string of the molecule is O=C(O)C(c1ccccc1)c1ccc(Cl)c(Cl)c1. The fourth-order valence-corrected chi connectivity index (χ4v) is 2.12. The topological polar surface area (TPSA) is 37.3 Å². The second-order valence-electron chi connectivity index (χ2n) is 3.86. The van der Waals surface area contributed by atoms with Gasteiger partial charge < -0.3 is 5.11 Å². The van der Waals surface area contributed by atoms with E-state index in [4.69, 9.17) is 23.2 Å². The fourth-order valence-electron chi connectivity index (χ4n) is 1.82. The van der Waals surface area contributed by atoms with E-state index in [9.17, 15) is 9.90 Å². The minimum absolute atomic E-state index is 0.358. The molecule has 1 atom stereocenters. The number of halogens is 2. The molecule has 0 aliphatic heterocycles. The van der Waals surface area contributed by atoms with Crippen molar-refractivity contribution in [1.29, 1.82) is 0 Å². The molecule has 0 amide bonds. The summed E-state index contributed by atoms with van der Waals surface area (Å²) in [5.41, 5.74) is 1.33. The van der Waals surface area contributed by atoms with Gasteiger partial charge in [-0.25, -0.2) is 0 Å². The Morgan fingerprint density at radius 3 is 2.17 bits per heavy atom. The molecule has 0 bridgehead atoms. The third kappa shape index (κ3) is 2.66. The first kappa shape index (κ1) is 12.9. The Morgan fingerprint density at radius 2 is 1.61 bits per heavy atom. The molecule has 2 nitrogen and oxygen atoms in total. The van der Waals surface area contributed by atoms with Gasteiger partial charge in [-0.2, -0.15) is 0 Å². The predicted octanol–water partition coefficient (Wildman–Crippen LogP) is 4.21. The molecule has 0 spiro atoms. The fraction of sp³-hybridized carbons (Fsp3) is 0.0714. The first-order chi connectivity index (χ1) is 8.59. The molecule has 0 saturated carbocycles. The van der Waals surface area contributed by atoms with Crippen LogP contribution in [0.25, 0.3) is 0 Å². The molecule has 1 unspecified atom stereocenters. The number of carbonyl (C=O) groups is 1. The van der Waals surface area contributed by atoms with Crippen LogP contribution < -0.4 is 0 Å². The number of benzene rings is 2. The molecular formula is C14H10Cl2O2. The number of carboxylic acid groups (broad SMARTS) is 1. The maximum atomic E-state index is 11.4. The van der Waals surface area contributed by atoms with Crippen molar-refractivity contribution < 1.29 is 9.90 Å². The number of hydrogen-bond donors (Lipinski definition) is 1. The molecule has 0 saturated heterocycles. The molecule has 2 aromatic carbocycles. The highest BCUT2D eigenvalue weighted by atomic mass is 35.5. The van der Waals surface area contributed by atoms with E-state index >= 15 is 0 Å². The van der Waals surface area contributed by atoms with Gasteiger partial charge in [-0.15, -0.1) is 0 Å². The summed E-state index contributed by atoms with van der Waals surface area (Å²) in [5, 5.41) is 10.1. The van der Waals surface area contributed by atoms with E-state index < -0.39 is 11.9 Å². The summed E-state index contributed by atoms with van der Waals surface area (Å²) < 4.78 is 0. The van der Waals surface area contributed by atoms with E-state index in [-0.39, 0.29) is 0 Å². The van der Waals surface area contributed by atoms with E-state index in [1.165, 1.54) is 0 Å². The maximum absolute atomic E-state index is 11.4. The van der Waals surface area contributed by atoms with Gasteiger partial charge in [0.15, 0.2) is 0 Å². The van der Waals surface area contributed by atoms with E-state index in [2.05, 4.69) is 0 Å². The standard InChI is InChI=1S/C14H10Cl2O2/c15-11-7-6-10(8-12(11)16)13(14(17)18)9-4-2-1-3-5-9/h1-8,13H,(H,17,18). The summed E-state index contributed by atoms with van der Waals surface area (Å²) in [5.74, 6) is -1.65. The van der Waals surface area contributed by atoms with Gasteiger partial charge in [-0.3, -0.25) is 4.79 Å². The second-order valence-corrected chi connectivity index (χ2v) is 4.67. The van der Waals surface area contributed by atoms with Crippen LogP contribution in [0, 0.1) is 0 Å². The van der Waals surface area contributed by atoms with E-state index in [0.717, 1.165) is 0 Å². The number of rotatable bonds is 3. The van der Waals surface area contributed by atoms with Gasteiger partial charge in [0, 0.05) is 0 Å². The van der Waals surface area contributed by atoms with Crippen molar-refractivity contribution in [3.05, 3.63) is 69.7 Å². The van der Waals surface area contributed by atoms with Crippen molar-refractivity contribution in [2.45, 2.75) is 5.92 Å². The van der Waals surface area contributed by atoms with Gasteiger partial charge in [0.1, 0.15) is 5.92 Å². The molecule has 0 aliphatic rings. The summed E-state index contributed by atoms with van der Waals surface area (Å²) >= 11 is 11.8. The zero-order chi connectivity index (χ0) is 13.1. The van der Waals surface area contributed by atoms with Crippen molar-refractivity contribution >= 4 is 29.2 Å². The zero-order valence-corrected chi connectivity index (χ0v) is 10.8. The molecule has 2 aromatic rings. The smallest absolute Gasteiger partial charge is 0.315 e. The Bertz CT molecular complexity index is 567. The lowest BCUT2D eigenvalue weighted by molar-refractivity contribution is -0.137. The number of aliphatic carboxylic acids is 1. The molecule has 0 radical (unpaired) electrons. The Hall–Kier alpha value is -1.51. The van der Waals surface area contributed by atoms with Crippen LogP contribution in [0.15, 0.2) is 48.5 Å².